The Morgan fingerprint density at radius 2 is 1.75 bits per heavy atom. The van der Waals surface area contributed by atoms with Crippen molar-refractivity contribution in [3.8, 4) is 11.3 Å². The molecule has 3 amide bonds. The van der Waals surface area contributed by atoms with Crippen LogP contribution in [0.2, 0.25) is 10.0 Å². The molecule has 0 atom stereocenters. The number of benzene rings is 2. The number of hydrogen-bond donors (Lipinski definition) is 4. The number of halogens is 2. The number of amides is 3. The normalized spacial score (nSPS) is 10.5. The first-order valence-electron chi connectivity index (χ1n) is 8.02. The molecule has 0 saturated carbocycles. The number of primary amides is 1. The fraction of sp³-hybridized carbons (Fsp3) is 0.0556. The summed E-state index contributed by atoms with van der Waals surface area (Å²) in [7, 11) is 1.62. The van der Waals surface area contributed by atoms with E-state index in [9.17, 15) is 9.59 Å². The van der Waals surface area contributed by atoms with Crippen LogP contribution in [-0.2, 0) is 7.05 Å². The first kappa shape index (κ1) is 19.5. The highest BCUT2D eigenvalue weighted by atomic mass is 35.5. The maximum absolute atomic E-state index is 12.2. The van der Waals surface area contributed by atoms with Gasteiger partial charge in [-0.05, 0) is 30.3 Å². The second-order valence-corrected chi connectivity index (χ2v) is 6.72. The maximum Gasteiger partial charge on any atom is 0.323 e. The standard InChI is InChI=1S/C18H16Cl2N6O2/c1-26-16(21)14(17(22)27)15(25-26)9-2-5-11(6-3-9)23-18(28)24-13-8-10(19)4-7-12(13)20/h2-8H,21H2,1H3,(H2,22,27)(H2,23,24,28). The van der Waals surface area contributed by atoms with Crippen molar-refractivity contribution in [3.63, 3.8) is 0 Å². The van der Waals surface area contributed by atoms with Crippen molar-refractivity contribution in [2.24, 2.45) is 12.8 Å². The van der Waals surface area contributed by atoms with Gasteiger partial charge >= 0.3 is 6.03 Å². The number of nitrogens with zero attached hydrogens (tertiary/aromatic N) is 2. The molecule has 10 heteroatoms. The van der Waals surface area contributed by atoms with Gasteiger partial charge in [-0.15, -0.1) is 0 Å². The molecule has 0 saturated heterocycles. The van der Waals surface area contributed by atoms with Gasteiger partial charge in [0.2, 0.25) is 0 Å². The Morgan fingerprint density at radius 1 is 1.07 bits per heavy atom. The molecular formula is C18H16Cl2N6O2. The Hall–Kier alpha value is -3.23. The van der Waals surface area contributed by atoms with Crippen LogP contribution in [0, 0.1) is 0 Å². The molecule has 8 nitrogen and oxygen atoms in total. The van der Waals surface area contributed by atoms with Gasteiger partial charge in [0.25, 0.3) is 5.91 Å². The zero-order valence-electron chi connectivity index (χ0n) is 14.7. The second-order valence-electron chi connectivity index (χ2n) is 5.88. The fourth-order valence-electron chi connectivity index (χ4n) is 2.57. The number of rotatable bonds is 4. The van der Waals surface area contributed by atoms with Gasteiger partial charge in [0.05, 0.1) is 10.7 Å². The third-order valence-electron chi connectivity index (χ3n) is 3.93. The first-order chi connectivity index (χ1) is 13.3. The van der Waals surface area contributed by atoms with E-state index in [0.29, 0.717) is 32.7 Å². The molecule has 1 heterocycles. The Bertz CT molecular complexity index is 1060. The molecule has 28 heavy (non-hydrogen) atoms. The average molecular weight is 419 g/mol. The third kappa shape index (κ3) is 4.03. The smallest absolute Gasteiger partial charge is 0.323 e. The van der Waals surface area contributed by atoms with E-state index in [4.69, 9.17) is 34.7 Å². The molecule has 0 aliphatic rings. The van der Waals surface area contributed by atoms with Crippen LogP contribution in [-0.4, -0.2) is 21.7 Å². The number of aryl methyl sites for hydroxylation is 1. The summed E-state index contributed by atoms with van der Waals surface area (Å²) < 4.78 is 1.38. The van der Waals surface area contributed by atoms with Gasteiger partial charge < -0.3 is 22.1 Å². The first-order valence-corrected chi connectivity index (χ1v) is 8.77. The van der Waals surface area contributed by atoms with Crippen molar-refractivity contribution in [3.05, 3.63) is 58.1 Å². The lowest BCUT2D eigenvalue weighted by molar-refractivity contribution is 0.100. The summed E-state index contributed by atoms with van der Waals surface area (Å²) in [6, 6.07) is 11.0. The molecular weight excluding hydrogens is 403 g/mol. The highest BCUT2D eigenvalue weighted by Crippen LogP contribution is 2.28. The van der Waals surface area contributed by atoms with Crippen LogP contribution in [0.5, 0.6) is 0 Å². The topological polar surface area (TPSA) is 128 Å². The van der Waals surface area contributed by atoms with E-state index in [2.05, 4.69) is 15.7 Å². The number of carbonyl (C=O) groups is 2. The Kier molecular flexibility index (Phi) is 5.43. The summed E-state index contributed by atoms with van der Waals surface area (Å²) in [6.07, 6.45) is 0. The molecule has 0 aliphatic heterocycles. The summed E-state index contributed by atoms with van der Waals surface area (Å²) in [5, 5.41) is 10.3. The largest absolute Gasteiger partial charge is 0.383 e. The Labute approximate surface area is 170 Å². The SMILES string of the molecule is Cn1nc(-c2ccc(NC(=O)Nc3cc(Cl)ccc3Cl)cc2)c(C(N)=O)c1N. The summed E-state index contributed by atoms with van der Waals surface area (Å²) >= 11 is 11.9. The van der Waals surface area contributed by atoms with Gasteiger partial charge in [0, 0.05) is 23.3 Å². The number of anilines is 3. The average Bonchev–Trinajstić information content (AvgIpc) is 2.94. The number of nitrogen functional groups attached to an aromatic ring is 1. The molecule has 3 aromatic rings. The van der Waals surface area contributed by atoms with Gasteiger partial charge in [-0.1, -0.05) is 35.3 Å². The zero-order valence-corrected chi connectivity index (χ0v) is 16.2. The predicted molar refractivity (Wildman–Crippen MR) is 111 cm³/mol. The van der Waals surface area contributed by atoms with Crippen LogP contribution in [0.25, 0.3) is 11.3 Å². The van der Waals surface area contributed by atoms with Crippen LogP contribution >= 0.6 is 23.2 Å². The lowest BCUT2D eigenvalue weighted by atomic mass is 10.1. The molecule has 0 unspecified atom stereocenters. The van der Waals surface area contributed by atoms with Crippen molar-refractivity contribution in [1.29, 1.82) is 0 Å². The molecule has 6 N–H and O–H groups in total. The second kappa shape index (κ2) is 7.79. The summed E-state index contributed by atoms with van der Waals surface area (Å²) in [4.78, 5) is 23.8. The minimum atomic E-state index is -0.666. The molecule has 0 aliphatic carbocycles. The lowest BCUT2D eigenvalue weighted by Gasteiger charge is -2.10. The fourth-order valence-corrected chi connectivity index (χ4v) is 2.91. The quantitative estimate of drug-likeness (QED) is 0.514. The van der Waals surface area contributed by atoms with Crippen molar-refractivity contribution in [1.82, 2.24) is 9.78 Å². The van der Waals surface area contributed by atoms with E-state index >= 15 is 0 Å². The van der Waals surface area contributed by atoms with Gasteiger partial charge in [-0.2, -0.15) is 5.10 Å². The predicted octanol–water partition coefficient (Wildman–Crippen LogP) is 3.72. The number of urea groups is 1. The Morgan fingerprint density at radius 3 is 2.39 bits per heavy atom. The van der Waals surface area contributed by atoms with Gasteiger partial charge in [-0.25, -0.2) is 4.79 Å². The molecule has 2 aromatic carbocycles. The highest BCUT2D eigenvalue weighted by molar-refractivity contribution is 6.35. The van der Waals surface area contributed by atoms with Crippen molar-refractivity contribution < 1.29 is 9.59 Å². The number of carbonyl (C=O) groups excluding carboxylic acids is 2. The molecule has 144 valence electrons. The van der Waals surface area contributed by atoms with E-state index < -0.39 is 11.9 Å². The van der Waals surface area contributed by atoms with Crippen LogP contribution in [0.15, 0.2) is 42.5 Å². The molecule has 3 rings (SSSR count). The van der Waals surface area contributed by atoms with Crippen molar-refractivity contribution in [2.75, 3.05) is 16.4 Å². The number of nitrogens with one attached hydrogen (secondary N) is 2. The van der Waals surface area contributed by atoms with Gasteiger partial charge in [0.1, 0.15) is 17.1 Å². The van der Waals surface area contributed by atoms with Crippen LogP contribution in [0.1, 0.15) is 10.4 Å². The highest BCUT2D eigenvalue weighted by Gasteiger charge is 2.20. The van der Waals surface area contributed by atoms with Crippen molar-refractivity contribution in [2.45, 2.75) is 0 Å². The molecule has 0 bridgehead atoms. The van der Waals surface area contributed by atoms with E-state index in [1.807, 2.05) is 0 Å². The number of nitrogens with two attached hydrogens (primary N) is 2. The Balaban J connectivity index is 1.77. The summed E-state index contributed by atoms with van der Waals surface area (Å²) in [5.41, 5.74) is 13.3. The molecule has 0 radical (unpaired) electrons. The molecule has 1 aromatic heterocycles. The number of aromatic nitrogens is 2. The van der Waals surface area contributed by atoms with Crippen LogP contribution in [0.4, 0.5) is 22.0 Å². The van der Waals surface area contributed by atoms with Crippen LogP contribution < -0.4 is 22.1 Å². The third-order valence-corrected chi connectivity index (χ3v) is 4.50. The van der Waals surface area contributed by atoms with Crippen molar-refractivity contribution >= 4 is 52.3 Å². The summed E-state index contributed by atoms with van der Waals surface area (Å²) in [6.45, 7) is 0. The number of hydrogen-bond acceptors (Lipinski definition) is 4. The van der Waals surface area contributed by atoms with E-state index in [-0.39, 0.29) is 11.4 Å². The van der Waals surface area contributed by atoms with E-state index in [1.54, 1.807) is 49.5 Å². The minimum Gasteiger partial charge on any atom is -0.383 e. The van der Waals surface area contributed by atoms with E-state index in [1.165, 1.54) is 4.68 Å². The molecule has 0 spiro atoms. The minimum absolute atomic E-state index is 0.150. The monoisotopic (exact) mass is 418 g/mol. The van der Waals surface area contributed by atoms with E-state index in [0.717, 1.165) is 0 Å². The summed E-state index contributed by atoms with van der Waals surface area (Å²) in [5.74, 6) is -0.483. The lowest BCUT2D eigenvalue weighted by Crippen LogP contribution is -2.19. The maximum atomic E-state index is 12.2. The van der Waals surface area contributed by atoms with Gasteiger partial charge in [-0.3, -0.25) is 9.48 Å². The van der Waals surface area contributed by atoms with Crippen LogP contribution in [0.3, 0.4) is 0 Å². The molecule has 0 fully saturated rings. The zero-order chi connectivity index (χ0) is 20.4. The van der Waals surface area contributed by atoms with Gasteiger partial charge in [0.15, 0.2) is 0 Å².